The third kappa shape index (κ3) is 4.89. The molecule has 1 aliphatic rings. The molecule has 0 unspecified atom stereocenters. The Morgan fingerprint density at radius 1 is 1.06 bits per heavy atom. The molecule has 0 saturated carbocycles. The zero-order chi connectivity index (χ0) is 25.2. The highest BCUT2D eigenvalue weighted by Crippen LogP contribution is 2.36. The summed E-state index contributed by atoms with van der Waals surface area (Å²) in [5.41, 5.74) is 3.76. The van der Waals surface area contributed by atoms with Crippen molar-refractivity contribution in [2.75, 3.05) is 13.7 Å². The second-order valence-corrected chi connectivity index (χ2v) is 10.1. The molecule has 5 rings (SSSR count). The number of carbonyl (C=O) groups excluding carboxylic acids is 1. The van der Waals surface area contributed by atoms with Crippen molar-refractivity contribution in [1.29, 1.82) is 0 Å². The number of methoxy groups -OCH3 is 1. The minimum absolute atomic E-state index is 0.0488. The first-order valence-corrected chi connectivity index (χ1v) is 13.0. The summed E-state index contributed by atoms with van der Waals surface area (Å²) in [6.07, 6.45) is 4.01. The molecule has 1 amide bonds. The molecular formula is C28H23Cl2N3O2S. The van der Waals surface area contributed by atoms with Crippen LogP contribution in [0.2, 0.25) is 10.0 Å². The van der Waals surface area contributed by atoms with E-state index in [1.807, 2.05) is 61.5 Å². The van der Waals surface area contributed by atoms with Crippen LogP contribution in [0, 0.1) is 0 Å². The molecule has 0 atom stereocenters. The van der Waals surface area contributed by atoms with Gasteiger partial charge in [0.2, 0.25) is 0 Å². The topological polar surface area (TPSA) is 46.8 Å². The number of likely N-dealkylation sites (N-methyl/N-ethyl adjacent to an activating group) is 1. The van der Waals surface area contributed by atoms with Crippen LogP contribution in [0.3, 0.4) is 0 Å². The molecule has 3 aromatic carbocycles. The number of ether oxygens (including phenoxy) is 1. The maximum atomic E-state index is 13.3. The van der Waals surface area contributed by atoms with Gasteiger partial charge in [0.15, 0.2) is 5.17 Å². The number of aliphatic imine (C=N–C) groups is 1. The first-order valence-electron chi connectivity index (χ1n) is 11.4. The molecule has 1 aromatic heterocycles. The van der Waals surface area contributed by atoms with E-state index in [-0.39, 0.29) is 5.91 Å². The minimum atomic E-state index is -0.0488. The van der Waals surface area contributed by atoms with Crippen LogP contribution in [0.4, 0.5) is 5.69 Å². The van der Waals surface area contributed by atoms with Crippen molar-refractivity contribution in [3.05, 3.63) is 99.0 Å². The van der Waals surface area contributed by atoms with E-state index in [0.717, 1.165) is 33.5 Å². The molecule has 0 radical (unpaired) electrons. The molecule has 2 heterocycles. The predicted octanol–water partition coefficient (Wildman–Crippen LogP) is 7.63. The number of halogens is 2. The second-order valence-electron chi connectivity index (χ2n) is 8.22. The Bertz CT molecular complexity index is 1510. The number of hydrogen-bond donors (Lipinski definition) is 0. The van der Waals surface area contributed by atoms with Crippen LogP contribution < -0.4 is 4.74 Å². The smallest absolute Gasteiger partial charge is 0.266 e. The van der Waals surface area contributed by atoms with Gasteiger partial charge in [0.25, 0.3) is 5.91 Å². The number of rotatable bonds is 6. The van der Waals surface area contributed by atoms with Crippen molar-refractivity contribution in [1.82, 2.24) is 9.47 Å². The Hall–Kier alpha value is -3.19. The molecule has 0 spiro atoms. The number of amidine groups is 1. The number of benzene rings is 3. The van der Waals surface area contributed by atoms with Gasteiger partial charge in [-0.25, -0.2) is 4.99 Å². The zero-order valence-corrected chi connectivity index (χ0v) is 22.1. The molecule has 1 fully saturated rings. The van der Waals surface area contributed by atoms with E-state index in [0.29, 0.717) is 33.2 Å². The summed E-state index contributed by atoms with van der Waals surface area (Å²) in [6.45, 7) is 3.08. The summed E-state index contributed by atoms with van der Waals surface area (Å²) < 4.78 is 7.37. The first kappa shape index (κ1) is 24.5. The van der Waals surface area contributed by atoms with Gasteiger partial charge in [0.05, 0.1) is 17.7 Å². The van der Waals surface area contributed by atoms with Crippen LogP contribution in [-0.2, 0) is 11.3 Å². The predicted molar refractivity (Wildman–Crippen MR) is 151 cm³/mol. The average Bonchev–Trinajstić information content (AvgIpc) is 3.38. The number of para-hydroxylation sites is 1. The molecule has 8 heteroatoms. The van der Waals surface area contributed by atoms with Crippen molar-refractivity contribution < 1.29 is 9.53 Å². The van der Waals surface area contributed by atoms with Gasteiger partial charge in [-0.1, -0.05) is 47.5 Å². The molecule has 5 nitrogen and oxygen atoms in total. The molecule has 0 N–H and O–H groups in total. The lowest BCUT2D eigenvalue weighted by Crippen LogP contribution is -2.28. The van der Waals surface area contributed by atoms with E-state index in [2.05, 4.69) is 22.9 Å². The highest BCUT2D eigenvalue weighted by atomic mass is 35.5. The fourth-order valence-electron chi connectivity index (χ4n) is 4.13. The highest BCUT2D eigenvalue weighted by Gasteiger charge is 2.32. The van der Waals surface area contributed by atoms with Crippen LogP contribution in [0.15, 0.2) is 82.8 Å². The van der Waals surface area contributed by atoms with Crippen molar-refractivity contribution in [2.45, 2.75) is 13.5 Å². The van der Waals surface area contributed by atoms with E-state index in [9.17, 15) is 4.79 Å². The number of carbonyl (C=O) groups is 1. The fraction of sp³-hybridized carbons (Fsp3) is 0.143. The molecule has 0 bridgehead atoms. The molecule has 36 heavy (non-hydrogen) atoms. The third-order valence-electron chi connectivity index (χ3n) is 5.96. The summed E-state index contributed by atoms with van der Waals surface area (Å²) >= 11 is 13.9. The van der Waals surface area contributed by atoms with Gasteiger partial charge in [-0.3, -0.25) is 9.69 Å². The van der Waals surface area contributed by atoms with Gasteiger partial charge >= 0.3 is 0 Å². The number of amides is 1. The van der Waals surface area contributed by atoms with Crippen LogP contribution >= 0.6 is 35.0 Å². The van der Waals surface area contributed by atoms with Gasteiger partial charge in [0.1, 0.15) is 5.75 Å². The Morgan fingerprint density at radius 2 is 1.83 bits per heavy atom. The maximum absolute atomic E-state index is 13.3. The number of thioether (sulfide) groups is 1. The summed E-state index contributed by atoms with van der Waals surface area (Å²) in [7, 11) is 1.63. The van der Waals surface area contributed by atoms with Crippen molar-refractivity contribution >= 4 is 68.7 Å². The van der Waals surface area contributed by atoms with E-state index >= 15 is 0 Å². The zero-order valence-electron chi connectivity index (χ0n) is 19.7. The molecule has 0 aliphatic carbocycles. The summed E-state index contributed by atoms with van der Waals surface area (Å²) in [5.74, 6) is 0.714. The van der Waals surface area contributed by atoms with Crippen LogP contribution in [0.25, 0.3) is 17.0 Å². The molecule has 1 aliphatic heterocycles. The van der Waals surface area contributed by atoms with Crippen LogP contribution in [-0.4, -0.2) is 34.2 Å². The van der Waals surface area contributed by atoms with E-state index in [4.69, 9.17) is 32.9 Å². The quantitative estimate of drug-likeness (QED) is 0.238. The number of aromatic nitrogens is 1. The van der Waals surface area contributed by atoms with Gasteiger partial charge < -0.3 is 9.30 Å². The van der Waals surface area contributed by atoms with Crippen molar-refractivity contribution in [2.24, 2.45) is 4.99 Å². The molecular weight excluding hydrogens is 513 g/mol. The monoisotopic (exact) mass is 535 g/mol. The average molecular weight is 536 g/mol. The SMILES string of the molecule is CCN1C(=O)/C(=C\c2cn(Cc3ccc(Cl)cc3Cl)c3ccccc23)SC1=Nc1ccc(OC)cc1. The van der Waals surface area contributed by atoms with Gasteiger partial charge in [-0.2, -0.15) is 0 Å². The summed E-state index contributed by atoms with van der Waals surface area (Å²) in [4.78, 5) is 20.3. The fourth-order valence-corrected chi connectivity index (χ4v) is 5.65. The van der Waals surface area contributed by atoms with E-state index in [1.54, 1.807) is 18.1 Å². The van der Waals surface area contributed by atoms with Crippen LogP contribution in [0.5, 0.6) is 5.75 Å². The van der Waals surface area contributed by atoms with Crippen LogP contribution in [0.1, 0.15) is 18.1 Å². The van der Waals surface area contributed by atoms with Crippen molar-refractivity contribution in [3.63, 3.8) is 0 Å². The summed E-state index contributed by atoms with van der Waals surface area (Å²) in [5, 5.41) is 2.96. The highest BCUT2D eigenvalue weighted by molar-refractivity contribution is 8.18. The lowest BCUT2D eigenvalue weighted by Gasteiger charge is -2.12. The number of nitrogens with zero attached hydrogens (tertiary/aromatic N) is 3. The third-order valence-corrected chi connectivity index (χ3v) is 7.56. The Morgan fingerprint density at radius 3 is 2.56 bits per heavy atom. The van der Waals surface area contributed by atoms with E-state index < -0.39 is 0 Å². The van der Waals surface area contributed by atoms with Gasteiger partial charge in [0, 0.05) is 45.8 Å². The van der Waals surface area contributed by atoms with Crippen molar-refractivity contribution in [3.8, 4) is 5.75 Å². The normalized spacial score (nSPS) is 16.0. The lowest BCUT2D eigenvalue weighted by atomic mass is 10.1. The maximum Gasteiger partial charge on any atom is 0.266 e. The first-order chi connectivity index (χ1) is 17.5. The van der Waals surface area contributed by atoms with Gasteiger partial charge in [-0.15, -0.1) is 0 Å². The standard InChI is InChI=1S/C28H23Cl2N3O2S/c1-3-33-27(34)26(36-28(33)31-21-10-12-22(35-2)13-11-21)14-19-17-32(25-7-5-4-6-23(19)25)16-18-8-9-20(29)15-24(18)30/h4-15,17H,3,16H2,1-2H3/b26-14+,31-28?. The number of hydrogen-bond acceptors (Lipinski definition) is 4. The van der Waals surface area contributed by atoms with Gasteiger partial charge in [-0.05, 0) is 72.8 Å². The summed E-state index contributed by atoms with van der Waals surface area (Å²) in [6, 6.07) is 21.1. The Kier molecular flexibility index (Phi) is 7.10. The second kappa shape index (κ2) is 10.4. The van der Waals surface area contributed by atoms with E-state index in [1.165, 1.54) is 11.8 Å². The number of fused-ring (bicyclic) bond motifs is 1. The largest absolute Gasteiger partial charge is 0.497 e. The molecule has 1 saturated heterocycles. The Balaban J connectivity index is 1.50. The minimum Gasteiger partial charge on any atom is -0.497 e. The lowest BCUT2D eigenvalue weighted by molar-refractivity contribution is -0.122. The molecule has 4 aromatic rings. The molecule has 182 valence electrons. The Labute approximate surface area is 224 Å².